The van der Waals surface area contributed by atoms with E-state index < -0.39 is 5.56 Å². The van der Waals surface area contributed by atoms with E-state index in [0.717, 1.165) is 33.8 Å². The molecule has 1 atom stereocenters. The van der Waals surface area contributed by atoms with E-state index in [4.69, 9.17) is 0 Å². The fourth-order valence-corrected chi connectivity index (χ4v) is 3.55. The highest BCUT2D eigenvalue weighted by molar-refractivity contribution is 7.10. The first kappa shape index (κ1) is 16.9. The summed E-state index contributed by atoms with van der Waals surface area (Å²) < 4.78 is 16.1. The zero-order chi connectivity index (χ0) is 18.0. The lowest BCUT2D eigenvalue weighted by Crippen LogP contribution is -2.16. The minimum Gasteiger partial charge on any atom is -0.364 e. The summed E-state index contributed by atoms with van der Waals surface area (Å²) in [6.45, 7) is 3.84. The van der Waals surface area contributed by atoms with Crippen LogP contribution in [0.4, 0.5) is 9.39 Å². The Bertz CT molecular complexity index is 1020. The van der Waals surface area contributed by atoms with Gasteiger partial charge in [0.15, 0.2) is 5.56 Å². The average Bonchev–Trinajstić information content (AvgIpc) is 2.93. The second-order valence-electron chi connectivity index (χ2n) is 5.78. The number of hydrogen-bond donors (Lipinski definition) is 2. The van der Waals surface area contributed by atoms with Gasteiger partial charge in [0.2, 0.25) is 0 Å². The fraction of sp³-hybridized carbons (Fsp3) is 0.158. The molecular weight excluding hydrogens is 337 g/mol. The third-order valence-corrected chi connectivity index (χ3v) is 4.94. The van der Waals surface area contributed by atoms with Gasteiger partial charge in [0, 0.05) is 0 Å². The van der Waals surface area contributed by atoms with Crippen molar-refractivity contribution in [3.8, 4) is 6.07 Å². The van der Waals surface area contributed by atoms with Crippen LogP contribution in [0.2, 0.25) is 0 Å². The minimum atomic E-state index is -0.408. The molecular formula is C19H16FN3OS. The summed E-state index contributed by atoms with van der Waals surface area (Å²) in [5.41, 5.74) is 3.40. The van der Waals surface area contributed by atoms with Crippen LogP contribution in [0.15, 0.2) is 47.3 Å². The average molecular weight is 353 g/mol. The van der Waals surface area contributed by atoms with Crippen LogP contribution in [0.5, 0.6) is 0 Å². The number of halogens is 1. The maximum atomic E-state index is 13.5. The fourth-order valence-electron chi connectivity index (χ4n) is 2.83. The van der Waals surface area contributed by atoms with Gasteiger partial charge < -0.3 is 5.32 Å². The highest BCUT2D eigenvalue weighted by Crippen LogP contribution is 2.32. The van der Waals surface area contributed by atoms with E-state index in [2.05, 4.69) is 9.69 Å². The molecule has 1 heterocycles. The van der Waals surface area contributed by atoms with Crippen molar-refractivity contribution in [2.45, 2.75) is 19.9 Å². The van der Waals surface area contributed by atoms with Crippen molar-refractivity contribution in [2.75, 3.05) is 5.32 Å². The Morgan fingerprint density at radius 3 is 2.56 bits per heavy atom. The molecule has 0 aliphatic heterocycles. The smallest absolute Gasteiger partial charge is 0.278 e. The number of nitriles is 1. The quantitative estimate of drug-likeness (QED) is 0.736. The van der Waals surface area contributed by atoms with Crippen LogP contribution in [0, 0.1) is 31.0 Å². The van der Waals surface area contributed by atoms with Gasteiger partial charge in [-0.15, -0.1) is 0 Å². The first-order valence-corrected chi connectivity index (χ1v) is 8.52. The minimum absolute atomic E-state index is 0.0587. The molecule has 6 heteroatoms. The van der Waals surface area contributed by atoms with Gasteiger partial charge in [-0.2, -0.15) is 5.26 Å². The molecule has 0 aliphatic rings. The Labute approximate surface area is 148 Å². The number of hydrogen-bond acceptors (Lipinski definition) is 4. The molecule has 1 unspecified atom stereocenters. The van der Waals surface area contributed by atoms with Crippen molar-refractivity contribution in [3.05, 3.63) is 86.5 Å². The van der Waals surface area contributed by atoms with E-state index in [1.165, 1.54) is 12.1 Å². The summed E-state index contributed by atoms with van der Waals surface area (Å²) in [4.78, 5) is 11.7. The second kappa shape index (κ2) is 6.91. The van der Waals surface area contributed by atoms with Crippen LogP contribution < -0.4 is 10.9 Å². The largest absolute Gasteiger partial charge is 0.364 e. The van der Waals surface area contributed by atoms with Crippen LogP contribution in [-0.4, -0.2) is 4.37 Å². The van der Waals surface area contributed by atoms with Crippen molar-refractivity contribution in [2.24, 2.45) is 0 Å². The molecule has 0 aliphatic carbocycles. The lowest BCUT2D eigenvalue weighted by Gasteiger charge is -2.23. The number of anilines is 1. The number of aryl methyl sites for hydroxylation is 2. The Kier molecular flexibility index (Phi) is 4.68. The van der Waals surface area contributed by atoms with Crippen molar-refractivity contribution in [1.82, 2.24) is 4.37 Å². The number of H-pyrrole nitrogens is 1. The van der Waals surface area contributed by atoms with Gasteiger partial charge in [0.05, 0.1) is 6.04 Å². The van der Waals surface area contributed by atoms with Crippen molar-refractivity contribution in [1.29, 1.82) is 5.26 Å². The van der Waals surface area contributed by atoms with Crippen LogP contribution in [0.1, 0.15) is 33.9 Å². The van der Waals surface area contributed by atoms with E-state index >= 15 is 0 Å². The van der Waals surface area contributed by atoms with Gasteiger partial charge in [-0.05, 0) is 59.8 Å². The summed E-state index contributed by atoms with van der Waals surface area (Å²) in [5, 5.41) is 13.0. The molecule has 0 saturated carbocycles. The predicted octanol–water partition coefficient (Wildman–Crippen LogP) is 4.27. The summed E-state index contributed by atoms with van der Waals surface area (Å²) >= 11 is 1.09. The van der Waals surface area contributed by atoms with Crippen molar-refractivity contribution >= 4 is 16.5 Å². The van der Waals surface area contributed by atoms with Gasteiger partial charge in [0.1, 0.15) is 16.9 Å². The summed E-state index contributed by atoms with van der Waals surface area (Å²) in [6, 6.07) is 14.1. The SMILES string of the molecule is Cc1ccccc1C(Nc1s[nH]c(=O)c1C#N)c1ccc(F)cc1C. The molecule has 0 fully saturated rings. The van der Waals surface area contributed by atoms with Crippen LogP contribution in [-0.2, 0) is 0 Å². The molecule has 2 aromatic carbocycles. The Morgan fingerprint density at radius 1 is 1.16 bits per heavy atom. The van der Waals surface area contributed by atoms with E-state index in [9.17, 15) is 14.4 Å². The molecule has 1 aromatic heterocycles. The zero-order valence-corrected chi connectivity index (χ0v) is 14.6. The summed E-state index contributed by atoms with van der Waals surface area (Å²) in [5.74, 6) is -0.297. The molecule has 3 rings (SSSR count). The molecule has 126 valence electrons. The highest BCUT2D eigenvalue weighted by atomic mass is 32.1. The number of nitrogens with zero attached hydrogens (tertiary/aromatic N) is 1. The summed E-state index contributed by atoms with van der Waals surface area (Å²) in [7, 11) is 0. The Morgan fingerprint density at radius 2 is 1.88 bits per heavy atom. The molecule has 0 bridgehead atoms. The number of aromatic amines is 1. The summed E-state index contributed by atoms with van der Waals surface area (Å²) in [6.07, 6.45) is 0. The molecule has 0 radical (unpaired) electrons. The highest BCUT2D eigenvalue weighted by Gasteiger charge is 2.21. The van der Waals surface area contributed by atoms with E-state index in [0.29, 0.717) is 5.00 Å². The van der Waals surface area contributed by atoms with Crippen LogP contribution in [0.25, 0.3) is 0 Å². The van der Waals surface area contributed by atoms with Crippen molar-refractivity contribution < 1.29 is 4.39 Å². The number of nitrogens with one attached hydrogen (secondary N) is 2. The first-order valence-electron chi connectivity index (χ1n) is 7.71. The molecule has 25 heavy (non-hydrogen) atoms. The monoisotopic (exact) mass is 353 g/mol. The lowest BCUT2D eigenvalue weighted by atomic mass is 9.92. The molecule has 2 N–H and O–H groups in total. The number of rotatable bonds is 4. The van der Waals surface area contributed by atoms with E-state index in [1.54, 1.807) is 6.07 Å². The third kappa shape index (κ3) is 3.32. The molecule has 0 saturated heterocycles. The normalized spacial score (nSPS) is 11.8. The molecule has 4 nitrogen and oxygen atoms in total. The second-order valence-corrected chi connectivity index (χ2v) is 6.60. The molecule has 0 amide bonds. The third-order valence-electron chi connectivity index (χ3n) is 4.13. The molecule has 3 aromatic rings. The van der Waals surface area contributed by atoms with Gasteiger partial charge in [0.25, 0.3) is 5.56 Å². The maximum absolute atomic E-state index is 13.5. The van der Waals surface area contributed by atoms with Gasteiger partial charge in [-0.3, -0.25) is 9.17 Å². The van der Waals surface area contributed by atoms with Gasteiger partial charge >= 0.3 is 0 Å². The maximum Gasteiger partial charge on any atom is 0.278 e. The van der Waals surface area contributed by atoms with Crippen LogP contribution in [0.3, 0.4) is 0 Å². The van der Waals surface area contributed by atoms with E-state index in [-0.39, 0.29) is 17.4 Å². The Hall–Kier alpha value is -2.91. The lowest BCUT2D eigenvalue weighted by molar-refractivity contribution is 0.625. The predicted molar refractivity (Wildman–Crippen MR) is 97.4 cm³/mol. The number of benzene rings is 2. The zero-order valence-electron chi connectivity index (χ0n) is 13.8. The topological polar surface area (TPSA) is 68.7 Å². The first-order chi connectivity index (χ1) is 12.0. The van der Waals surface area contributed by atoms with Gasteiger partial charge in [-0.25, -0.2) is 4.39 Å². The number of aromatic nitrogens is 1. The standard InChI is InChI=1S/C19H16FN3OS/c1-11-5-3-4-6-14(11)17(15-8-7-13(20)9-12(15)2)22-19-16(10-21)18(24)23-25-19/h3-9,17,22H,1-2H3,(H,23,24). The molecule has 0 spiro atoms. The van der Waals surface area contributed by atoms with Crippen molar-refractivity contribution in [3.63, 3.8) is 0 Å². The van der Waals surface area contributed by atoms with Crippen LogP contribution >= 0.6 is 11.5 Å². The van der Waals surface area contributed by atoms with E-state index in [1.807, 2.05) is 44.2 Å². The van der Waals surface area contributed by atoms with Gasteiger partial charge in [-0.1, -0.05) is 30.3 Å². The Balaban J connectivity index is 2.14.